The van der Waals surface area contributed by atoms with E-state index in [4.69, 9.17) is 0 Å². The van der Waals surface area contributed by atoms with Crippen molar-refractivity contribution in [3.8, 4) is 0 Å². The van der Waals surface area contributed by atoms with E-state index in [9.17, 15) is 0 Å². The maximum atomic E-state index is 3.98. The van der Waals surface area contributed by atoms with Crippen molar-refractivity contribution < 1.29 is 0 Å². The van der Waals surface area contributed by atoms with Crippen LogP contribution in [0.15, 0.2) is 9.85 Å². The summed E-state index contributed by atoms with van der Waals surface area (Å²) in [7, 11) is 3.65. The molecule has 0 aliphatic rings. The van der Waals surface area contributed by atoms with E-state index in [0.29, 0.717) is 0 Å². The molecule has 0 saturated carbocycles. The van der Waals surface area contributed by atoms with E-state index in [1.807, 2.05) is 10.8 Å². The summed E-state index contributed by atoms with van der Waals surface area (Å²) >= 11 is 1.62. The number of unbranched alkanes of at least 4 members (excludes halogenated alkanes) is 2. The van der Waals surface area contributed by atoms with Crippen LogP contribution in [0.1, 0.15) is 39.5 Å². The summed E-state index contributed by atoms with van der Waals surface area (Å²) in [4.78, 5) is 0. The number of hydrogen-bond donors (Lipinski definition) is 0. The second kappa shape index (κ2) is 8.42. The predicted molar refractivity (Wildman–Crippen MR) is 71.5 cm³/mol. The van der Waals surface area contributed by atoms with Gasteiger partial charge in [-0.2, -0.15) is 0 Å². The molecule has 0 amide bonds. The SMILES string of the molecule is CC(C)CCCCCSSc1nncs1. The lowest BCUT2D eigenvalue weighted by Gasteiger charge is -2.03. The van der Waals surface area contributed by atoms with Crippen molar-refractivity contribution in [2.45, 2.75) is 43.9 Å². The van der Waals surface area contributed by atoms with E-state index in [0.717, 1.165) is 10.3 Å². The Bertz CT molecular complexity index is 237. The van der Waals surface area contributed by atoms with Crippen molar-refractivity contribution in [2.75, 3.05) is 5.75 Å². The zero-order valence-electron chi connectivity index (χ0n) is 9.31. The highest BCUT2D eigenvalue weighted by Crippen LogP contribution is 2.32. The van der Waals surface area contributed by atoms with Gasteiger partial charge in [0.2, 0.25) is 0 Å². The van der Waals surface area contributed by atoms with Crippen LogP contribution in [0.4, 0.5) is 0 Å². The monoisotopic (exact) mass is 262 g/mol. The molecule has 15 heavy (non-hydrogen) atoms. The van der Waals surface area contributed by atoms with Crippen LogP contribution in [0, 0.1) is 5.92 Å². The molecule has 1 rings (SSSR count). The molecule has 0 aliphatic heterocycles. The minimum Gasteiger partial charge on any atom is -0.146 e. The van der Waals surface area contributed by atoms with Crippen molar-refractivity contribution >= 4 is 32.9 Å². The van der Waals surface area contributed by atoms with Crippen molar-refractivity contribution in [2.24, 2.45) is 5.92 Å². The molecule has 1 aromatic rings. The third-order valence-electron chi connectivity index (χ3n) is 1.98. The average Bonchev–Trinajstić information content (AvgIpc) is 2.68. The molecular weight excluding hydrogens is 244 g/mol. The molecule has 0 N–H and O–H groups in total. The summed E-state index contributed by atoms with van der Waals surface area (Å²) in [6.45, 7) is 4.58. The topological polar surface area (TPSA) is 25.8 Å². The molecule has 2 nitrogen and oxygen atoms in total. The van der Waals surface area contributed by atoms with Gasteiger partial charge >= 0.3 is 0 Å². The summed E-state index contributed by atoms with van der Waals surface area (Å²) in [5.74, 6) is 2.08. The van der Waals surface area contributed by atoms with Gasteiger partial charge in [0, 0.05) is 5.75 Å². The van der Waals surface area contributed by atoms with E-state index in [1.54, 1.807) is 27.6 Å². The Morgan fingerprint density at radius 1 is 1.33 bits per heavy atom. The van der Waals surface area contributed by atoms with Gasteiger partial charge in [0.25, 0.3) is 0 Å². The normalized spacial score (nSPS) is 11.1. The lowest BCUT2D eigenvalue weighted by atomic mass is 10.1. The molecule has 1 aromatic heterocycles. The third-order valence-corrected chi connectivity index (χ3v) is 5.44. The van der Waals surface area contributed by atoms with E-state index in [-0.39, 0.29) is 0 Å². The van der Waals surface area contributed by atoms with Crippen LogP contribution in [-0.2, 0) is 0 Å². The van der Waals surface area contributed by atoms with Crippen LogP contribution in [-0.4, -0.2) is 16.0 Å². The lowest BCUT2D eigenvalue weighted by Crippen LogP contribution is -1.87. The molecule has 0 aliphatic carbocycles. The number of aromatic nitrogens is 2. The highest BCUT2D eigenvalue weighted by Gasteiger charge is 1.98. The van der Waals surface area contributed by atoms with E-state index in [1.165, 1.54) is 31.4 Å². The number of rotatable bonds is 8. The average molecular weight is 262 g/mol. The van der Waals surface area contributed by atoms with Crippen LogP contribution in [0.3, 0.4) is 0 Å². The maximum Gasteiger partial charge on any atom is 0.184 e. The Balaban J connectivity index is 1.85. The Morgan fingerprint density at radius 2 is 2.20 bits per heavy atom. The summed E-state index contributed by atoms with van der Waals surface area (Å²) < 4.78 is 1.07. The summed E-state index contributed by atoms with van der Waals surface area (Å²) in [6.07, 6.45) is 5.43. The van der Waals surface area contributed by atoms with Gasteiger partial charge in [0.05, 0.1) is 0 Å². The van der Waals surface area contributed by atoms with Crippen LogP contribution < -0.4 is 0 Å². The highest BCUT2D eigenvalue weighted by atomic mass is 33.1. The molecule has 86 valence electrons. The smallest absolute Gasteiger partial charge is 0.146 e. The second-order valence-corrected chi connectivity index (χ2v) is 7.35. The maximum absolute atomic E-state index is 3.98. The lowest BCUT2D eigenvalue weighted by molar-refractivity contribution is 0.535. The molecule has 0 aromatic carbocycles. The van der Waals surface area contributed by atoms with Gasteiger partial charge in [0.1, 0.15) is 5.51 Å². The van der Waals surface area contributed by atoms with E-state index < -0.39 is 0 Å². The van der Waals surface area contributed by atoms with Gasteiger partial charge in [-0.05, 0) is 23.1 Å². The van der Waals surface area contributed by atoms with Gasteiger partial charge < -0.3 is 0 Å². The molecule has 0 spiro atoms. The van der Waals surface area contributed by atoms with Crippen LogP contribution in [0.25, 0.3) is 0 Å². The molecule has 0 saturated heterocycles. The molecule has 0 radical (unpaired) electrons. The van der Waals surface area contributed by atoms with Gasteiger partial charge in [0.15, 0.2) is 4.34 Å². The molecule has 1 heterocycles. The first-order chi connectivity index (χ1) is 7.29. The van der Waals surface area contributed by atoms with Crippen molar-refractivity contribution in [1.82, 2.24) is 10.2 Å². The van der Waals surface area contributed by atoms with Crippen molar-refractivity contribution in [3.63, 3.8) is 0 Å². The quantitative estimate of drug-likeness (QED) is 0.509. The largest absolute Gasteiger partial charge is 0.184 e. The van der Waals surface area contributed by atoms with Crippen LogP contribution >= 0.6 is 32.9 Å². The zero-order valence-corrected chi connectivity index (χ0v) is 11.8. The van der Waals surface area contributed by atoms with Gasteiger partial charge in [-0.3, -0.25) is 0 Å². The first kappa shape index (κ1) is 13.3. The van der Waals surface area contributed by atoms with E-state index >= 15 is 0 Å². The van der Waals surface area contributed by atoms with Crippen molar-refractivity contribution in [1.29, 1.82) is 0 Å². The Morgan fingerprint density at radius 3 is 2.87 bits per heavy atom. The molecule has 0 bridgehead atoms. The van der Waals surface area contributed by atoms with Gasteiger partial charge in [-0.25, -0.2) is 0 Å². The molecule has 0 unspecified atom stereocenters. The molecule has 0 fully saturated rings. The minimum absolute atomic E-state index is 0.855. The predicted octanol–water partition coefficient (Wildman–Crippen LogP) is 4.49. The zero-order chi connectivity index (χ0) is 10.9. The number of nitrogens with zero attached hydrogens (tertiary/aromatic N) is 2. The number of hydrogen-bond acceptors (Lipinski definition) is 5. The van der Waals surface area contributed by atoms with Gasteiger partial charge in [-0.1, -0.05) is 55.2 Å². The summed E-state index contributed by atoms with van der Waals surface area (Å²) in [5.41, 5.74) is 1.78. The molecule has 0 atom stereocenters. The Labute approximate surface area is 104 Å². The highest BCUT2D eigenvalue weighted by molar-refractivity contribution is 8.77. The first-order valence-electron chi connectivity index (χ1n) is 5.34. The fraction of sp³-hybridized carbons (Fsp3) is 0.800. The first-order valence-corrected chi connectivity index (χ1v) is 8.54. The van der Waals surface area contributed by atoms with E-state index in [2.05, 4.69) is 24.0 Å². The summed E-state index contributed by atoms with van der Waals surface area (Å²) in [5, 5.41) is 7.79. The Kier molecular flexibility index (Phi) is 7.48. The molecule has 5 heteroatoms. The minimum atomic E-state index is 0.855. The standard InChI is InChI=1S/C10H18N2S3/c1-9(2)6-4-3-5-7-14-15-10-12-11-8-13-10/h8-9H,3-7H2,1-2H3. The van der Waals surface area contributed by atoms with Crippen LogP contribution in [0.2, 0.25) is 0 Å². The fourth-order valence-corrected chi connectivity index (χ4v) is 4.13. The fourth-order valence-electron chi connectivity index (χ4n) is 1.18. The van der Waals surface area contributed by atoms with Crippen molar-refractivity contribution in [3.05, 3.63) is 5.51 Å². The second-order valence-electron chi connectivity index (χ2n) is 3.85. The van der Waals surface area contributed by atoms with Gasteiger partial charge in [-0.15, -0.1) is 10.2 Å². The summed E-state index contributed by atoms with van der Waals surface area (Å²) in [6, 6.07) is 0. The molecular formula is C10H18N2S3. The Hall–Kier alpha value is 0.260. The van der Waals surface area contributed by atoms with Crippen LogP contribution in [0.5, 0.6) is 0 Å². The third kappa shape index (κ3) is 7.19.